The number of halogens is 1. The first-order valence-corrected chi connectivity index (χ1v) is 8.95. The normalized spacial score (nSPS) is 15.8. The van der Waals surface area contributed by atoms with Crippen LogP contribution in [-0.4, -0.2) is 10.2 Å². The summed E-state index contributed by atoms with van der Waals surface area (Å²) in [7, 11) is 0. The van der Waals surface area contributed by atoms with Gasteiger partial charge in [0, 0.05) is 10.2 Å². The van der Waals surface area contributed by atoms with E-state index in [1.54, 1.807) is 0 Å². The zero-order chi connectivity index (χ0) is 19.0. The Morgan fingerprint density at radius 2 is 2.07 bits per heavy atom. The van der Waals surface area contributed by atoms with Crippen molar-refractivity contribution in [1.29, 1.82) is 5.26 Å². The van der Waals surface area contributed by atoms with Gasteiger partial charge < -0.3 is 19.6 Å². The van der Waals surface area contributed by atoms with Crippen LogP contribution in [0.2, 0.25) is 0 Å². The lowest BCUT2D eigenvalue weighted by Gasteiger charge is -2.21. The average molecular weight is 427 g/mol. The number of nitrogens with two attached hydrogens (primary N) is 1. The Bertz CT molecular complexity index is 1060. The molecule has 8 heteroatoms. The molecular weight excluding hydrogens is 412 g/mol. The van der Waals surface area contributed by atoms with E-state index in [0.29, 0.717) is 23.0 Å². The summed E-state index contributed by atoms with van der Waals surface area (Å²) >= 11 is 3.39. The molecule has 3 heterocycles. The van der Waals surface area contributed by atoms with Crippen LogP contribution in [0.1, 0.15) is 28.7 Å². The highest BCUT2D eigenvalue weighted by Gasteiger charge is 2.36. The SMILES string of the molecule is Cc1[nH]nc2c1[C@H](c1ccc(COc3ccc(Br)cc3)o1)C(C#N)=C(N)O2. The predicted molar refractivity (Wildman–Crippen MR) is 99.8 cm³/mol. The van der Waals surface area contributed by atoms with E-state index in [2.05, 4.69) is 32.2 Å². The zero-order valence-corrected chi connectivity index (χ0v) is 15.9. The summed E-state index contributed by atoms with van der Waals surface area (Å²) in [5.74, 6) is 1.87. The van der Waals surface area contributed by atoms with Gasteiger partial charge in [0.2, 0.25) is 11.8 Å². The zero-order valence-electron chi connectivity index (χ0n) is 14.3. The van der Waals surface area contributed by atoms with E-state index in [9.17, 15) is 5.26 Å². The lowest BCUT2D eigenvalue weighted by molar-refractivity contribution is 0.264. The molecule has 4 rings (SSSR count). The molecule has 7 nitrogen and oxygen atoms in total. The Morgan fingerprint density at radius 3 is 2.81 bits per heavy atom. The van der Waals surface area contributed by atoms with E-state index in [1.807, 2.05) is 43.3 Å². The number of hydrogen-bond donors (Lipinski definition) is 2. The minimum atomic E-state index is -0.473. The minimum absolute atomic E-state index is 0.0329. The average Bonchev–Trinajstić information content (AvgIpc) is 3.27. The van der Waals surface area contributed by atoms with Crippen molar-refractivity contribution in [2.24, 2.45) is 5.73 Å². The van der Waals surface area contributed by atoms with Gasteiger partial charge in [0.05, 0.1) is 11.5 Å². The molecule has 0 amide bonds. The molecule has 0 saturated heterocycles. The number of nitriles is 1. The summed E-state index contributed by atoms with van der Waals surface area (Å²) in [4.78, 5) is 0. The molecule has 3 aromatic rings. The fraction of sp³-hybridized carbons (Fsp3) is 0.158. The van der Waals surface area contributed by atoms with E-state index in [4.69, 9.17) is 19.6 Å². The van der Waals surface area contributed by atoms with Crippen molar-refractivity contribution in [3.8, 4) is 17.7 Å². The quantitative estimate of drug-likeness (QED) is 0.654. The van der Waals surface area contributed by atoms with Gasteiger partial charge >= 0.3 is 0 Å². The largest absolute Gasteiger partial charge is 0.486 e. The molecule has 0 unspecified atom stereocenters. The van der Waals surface area contributed by atoms with Crippen LogP contribution in [0.3, 0.4) is 0 Å². The smallest absolute Gasteiger partial charge is 0.244 e. The second-order valence-electron chi connectivity index (χ2n) is 6.04. The Kier molecular flexibility index (Phi) is 4.38. The van der Waals surface area contributed by atoms with E-state index in [-0.39, 0.29) is 12.5 Å². The Morgan fingerprint density at radius 1 is 1.30 bits per heavy atom. The molecule has 1 atom stereocenters. The van der Waals surface area contributed by atoms with Crippen LogP contribution in [0.15, 0.2) is 56.7 Å². The van der Waals surface area contributed by atoms with Crippen molar-refractivity contribution in [2.75, 3.05) is 0 Å². The number of furan rings is 1. The molecule has 0 aliphatic carbocycles. The van der Waals surface area contributed by atoms with Crippen LogP contribution in [0, 0.1) is 18.3 Å². The molecule has 136 valence electrons. The molecule has 1 aromatic carbocycles. The maximum Gasteiger partial charge on any atom is 0.244 e. The van der Waals surface area contributed by atoms with Crippen LogP contribution in [0.4, 0.5) is 0 Å². The number of nitrogens with zero attached hydrogens (tertiary/aromatic N) is 2. The van der Waals surface area contributed by atoms with Gasteiger partial charge in [-0.05, 0) is 43.3 Å². The number of rotatable bonds is 4. The summed E-state index contributed by atoms with van der Waals surface area (Å²) in [5, 5.41) is 16.5. The number of H-pyrrole nitrogens is 1. The van der Waals surface area contributed by atoms with Gasteiger partial charge in [-0.25, -0.2) is 0 Å². The number of ether oxygens (including phenoxy) is 2. The van der Waals surface area contributed by atoms with Gasteiger partial charge in [0.25, 0.3) is 0 Å². The molecule has 1 aliphatic rings. The van der Waals surface area contributed by atoms with Gasteiger partial charge in [-0.3, -0.25) is 5.10 Å². The van der Waals surface area contributed by atoms with Gasteiger partial charge in [0.15, 0.2) is 0 Å². The van der Waals surface area contributed by atoms with Gasteiger partial charge in [0.1, 0.15) is 35.5 Å². The maximum absolute atomic E-state index is 9.56. The highest BCUT2D eigenvalue weighted by Crippen LogP contribution is 2.43. The molecule has 0 radical (unpaired) electrons. The molecule has 2 aromatic heterocycles. The van der Waals surface area contributed by atoms with E-state index in [0.717, 1.165) is 21.5 Å². The molecule has 27 heavy (non-hydrogen) atoms. The Hall–Kier alpha value is -3.18. The van der Waals surface area contributed by atoms with Crippen LogP contribution in [-0.2, 0) is 6.61 Å². The van der Waals surface area contributed by atoms with Crippen molar-refractivity contribution in [3.05, 3.63) is 75.1 Å². The standard InChI is InChI=1S/C19H15BrN4O3/c1-10-16-17(14(8-21)18(22)27-19(16)24-23-10)15-7-6-13(26-15)9-25-12-4-2-11(20)3-5-12/h2-7,17H,9,22H2,1H3,(H,23,24)/t17-/m0/s1. The van der Waals surface area contributed by atoms with Crippen molar-refractivity contribution in [2.45, 2.75) is 19.4 Å². The maximum atomic E-state index is 9.56. The third-order valence-electron chi connectivity index (χ3n) is 4.29. The fourth-order valence-electron chi connectivity index (χ4n) is 3.00. The van der Waals surface area contributed by atoms with Crippen LogP contribution in [0.25, 0.3) is 0 Å². The molecule has 0 saturated carbocycles. The summed E-state index contributed by atoms with van der Waals surface area (Å²) < 4.78 is 18.1. The van der Waals surface area contributed by atoms with Gasteiger partial charge in [-0.1, -0.05) is 15.9 Å². The summed E-state index contributed by atoms with van der Waals surface area (Å²) in [6.07, 6.45) is 0. The molecular formula is C19H15BrN4O3. The first-order chi connectivity index (χ1) is 13.1. The lowest BCUT2D eigenvalue weighted by atomic mass is 9.88. The summed E-state index contributed by atoms with van der Waals surface area (Å²) in [5.41, 5.74) is 7.74. The Labute approximate surface area is 163 Å². The fourth-order valence-corrected chi connectivity index (χ4v) is 3.26. The Balaban J connectivity index is 1.61. The monoisotopic (exact) mass is 426 g/mol. The molecule has 0 fully saturated rings. The molecule has 0 bridgehead atoms. The molecule has 0 spiro atoms. The number of allylic oxidation sites excluding steroid dienone is 1. The first kappa shape index (κ1) is 17.2. The second-order valence-corrected chi connectivity index (χ2v) is 6.95. The summed E-state index contributed by atoms with van der Waals surface area (Å²) in [6.45, 7) is 2.13. The third-order valence-corrected chi connectivity index (χ3v) is 4.82. The van der Waals surface area contributed by atoms with E-state index >= 15 is 0 Å². The highest BCUT2D eigenvalue weighted by molar-refractivity contribution is 9.10. The van der Waals surface area contributed by atoms with Crippen molar-refractivity contribution >= 4 is 15.9 Å². The van der Waals surface area contributed by atoms with Crippen LogP contribution >= 0.6 is 15.9 Å². The molecule has 3 N–H and O–H groups in total. The first-order valence-electron chi connectivity index (χ1n) is 8.16. The predicted octanol–water partition coefficient (Wildman–Crippen LogP) is 3.87. The number of aromatic nitrogens is 2. The van der Waals surface area contributed by atoms with Crippen LogP contribution in [0.5, 0.6) is 11.6 Å². The number of nitrogens with one attached hydrogen (secondary N) is 1. The van der Waals surface area contributed by atoms with E-state index in [1.165, 1.54) is 0 Å². The number of aromatic amines is 1. The minimum Gasteiger partial charge on any atom is -0.486 e. The van der Waals surface area contributed by atoms with Crippen LogP contribution < -0.4 is 15.2 Å². The number of fused-ring (bicyclic) bond motifs is 1. The number of hydrogen-bond acceptors (Lipinski definition) is 6. The van der Waals surface area contributed by atoms with E-state index < -0.39 is 5.92 Å². The van der Waals surface area contributed by atoms with Gasteiger partial charge in [-0.15, -0.1) is 5.10 Å². The highest BCUT2D eigenvalue weighted by atomic mass is 79.9. The third kappa shape index (κ3) is 3.17. The molecule has 1 aliphatic heterocycles. The van der Waals surface area contributed by atoms with Crippen molar-refractivity contribution in [3.63, 3.8) is 0 Å². The topological polar surface area (TPSA) is 110 Å². The number of aryl methyl sites for hydroxylation is 1. The lowest BCUT2D eigenvalue weighted by Crippen LogP contribution is -2.20. The summed E-state index contributed by atoms with van der Waals surface area (Å²) in [6, 6.07) is 13.3. The second kappa shape index (κ2) is 6.85. The van der Waals surface area contributed by atoms with Crippen molar-refractivity contribution < 1.29 is 13.9 Å². The number of benzene rings is 1. The van der Waals surface area contributed by atoms with Gasteiger partial charge in [-0.2, -0.15) is 5.26 Å². The van der Waals surface area contributed by atoms with Crippen molar-refractivity contribution in [1.82, 2.24) is 10.2 Å².